The summed E-state index contributed by atoms with van der Waals surface area (Å²) in [4.78, 5) is 11.8. The number of anilines is 1. The van der Waals surface area contributed by atoms with E-state index in [2.05, 4.69) is 5.32 Å². The first-order valence-electron chi connectivity index (χ1n) is 5.41. The Kier molecular flexibility index (Phi) is 3.78. The molecule has 0 unspecified atom stereocenters. The van der Waals surface area contributed by atoms with Crippen LogP contribution in [0.2, 0.25) is 0 Å². The Morgan fingerprint density at radius 3 is 2.95 bits per heavy atom. The normalized spacial score (nSPS) is 9.89. The van der Waals surface area contributed by atoms with Gasteiger partial charge in [0.2, 0.25) is 5.91 Å². The number of halogens is 1. The van der Waals surface area contributed by atoms with Gasteiger partial charge in [0.1, 0.15) is 17.4 Å². The number of hydrogen-bond donors (Lipinski definition) is 2. The van der Waals surface area contributed by atoms with Crippen LogP contribution in [0.1, 0.15) is 20.8 Å². The number of benzene rings is 1. The third kappa shape index (κ3) is 2.89. The van der Waals surface area contributed by atoms with E-state index in [1.54, 1.807) is 17.5 Å². The Hall–Kier alpha value is -2.39. The molecular weight excluding hydrogens is 265 g/mol. The highest BCUT2D eigenvalue weighted by molar-refractivity contribution is 7.10. The van der Waals surface area contributed by atoms with Gasteiger partial charge in [-0.2, -0.15) is 5.26 Å². The molecule has 1 heterocycles. The van der Waals surface area contributed by atoms with Gasteiger partial charge in [-0.05, 0) is 18.2 Å². The zero-order chi connectivity index (χ0) is 13.8. The molecule has 0 aliphatic carbocycles. The van der Waals surface area contributed by atoms with E-state index in [0.29, 0.717) is 17.8 Å². The lowest BCUT2D eigenvalue weighted by Crippen LogP contribution is -2.09. The Morgan fingerprint density at radius 2 is 2.32 bits per heavy atom. The summed E-state index contributed by atoms with van der Waals surface area (Å²) in [5.74, 6) is -1.04. The Labute approximate surface area is 113 Å². The lowest BCUT2D eigenvalue weighted by molar-refractivity contribution is 0.100. The zero-order valence-corrected chi connectivity index (χ0v) is 10.6. The first-order valence-corrected chi connectivity index (χ1v) is 6.29. The minimum absolute atomic E-state index is 0.0193. The van der Waals surface area contributed by atoms with Crippen molar-refractivity contribution in [1.82, 2.24) is 0 Å². The highest BCUT2D eigenvalue weighted by Crippen LogP contribution is 2.20. The summed E-state index contributed by atoms with van der Waals surface area (Å²) in [6.45, 7) is 0.399. The van der Waals surface area contributed by atoms with Crippen molar-refractivity contribution in [2.24, 2.45) is 5.73 Å². The topological polar surface area (TPSA) is 78.9 Å². The molecule has 0 atom stereocenters. The van der Waals surface area contributed by atoms with Gasteiger partial charge in [-0.25, -0.2) is 4.39 Å². The molecule has 0 saturated heterocycles. The van der Waals surface area contributed by atoms with Crippen molar-refractivity contribution in [3.63, 3.8) is 0 Å². The number of nitrogens with one attached hydrogen (secondary N) is 1. The van der Waals surface area contributed by atoms with Gasteiger partial charge in [0.25, 0.3) is 0 Å². The predicted molar refractivity (Wildman–Crippen MR) is 71.3 cm³/mol. The molecular formula is C13H10FN3OS. The molecule has 3 N–H and O–H groups in total. The molecule has 6 heteroatoms. The fraction of sp³-hybridized carbons (Fsp3) is 0.0769. The third-order valence-electron chi connectivity index (χ3n) is 2.52. The van der Waals surface area contributed by atoms with E-state index in [0.717, 1.165) is 4.88 Å². The van der Waals surface area contributed by atoms with Gasteiger partial charge in [-0.1, -0.05) is 6.07 Å². The summed E-state index contributed by atoms with van der Waals surface area (Å²) in [5, 5.41) is 13.5. The molecule has 0 fully saturated rings. The average molecular weight is 275 g/mol. The maximum atomic E-state index is 13.4. The lowest BCUT2D eigenvalue weighted by Gasteiger charge is -2.07. The van der Waals surface area contributed by atoms with Crippen LogP contribution in [0.3, 0.4) is 0 Å². The summed E-state index contributed by atoms with van der Waals surface area (Å²) in [6.07, 6.45) is 0. The SMILES string of the molecule is N#Cc1c(F)cccc1NCc1cc(C(N)=O)cs1. The van der Waals surface area contributed by atoms with E-state index in [-0.39, 0.29) is 5.56 Å². The highest BCUT2D eigenvalue weighted by Gasteiger charge is 2.08. The van der Waals surface area contributed by atoms with Crippen molar-refractivity contribution in [3.05, 3.63) is 51.5 Å². The minimum Gasteiger partial charge on any atom is -0.379 e. The van der Waals surface area contributed by atoms with Gasteiger partial charge in [0, 0.05) is 16.8 Å². The quantitative estimate of drug-likeness (QED) is 0.899. The number of carbonyl (C=O) groups excluding carboxylic acids is 1. The van der Waals surface area contributed by atoms with Crippen LogP contribution in [0, 0.1) is 17.1 Å². The van der Waals surface area contributed by atoms with E-state index in [1.807, 2.05) is 6.07 Å². The second-order valence-corrected chi connectivity index (χ2v) is 4.79. The summed E-state index contributed by atoms with van der Waals surface area (Å²) < 4.78 is 13.4. The van der Waals surface area contributed by atoms with Gasteiger partial charge in [-0.15, -0.1) is 11.3 Å². The second kappa shape index (κ2) is 5.50. The Bertz CT molecular complexity index is 660. The molecule has 1 aromatic carbocycles. The highest BCUT2D eigenvalue weighted by atomic mass is 32.1. The molecule has 96 valence electrons. The number of primary amides is 1. The molecule has 19 heavy (non-hydrogen) atoms. The first-order chi connectivity index (χ1) is 9.11. The van der Waals surface area contributed by atoms with Gasteiger partial charge >= 0.3 is 0 Å². The molecule has 2 aromatic rings. The average Bonchev–Trinajstić information content (AvgIpc) is 2.85. The van der Waals surface area contributed by atoms with Crippen molar-refractivity contribution in [2.75, 3.05) is 5.32 Å². The lowest BCUT2D eigenvalue weighted by atomic mass is 10.2. The number of nitriles is 1. The molecule has 0 spiro atoms. The van der Waals surface area contributed by atoms with E-state index in [9.17, 15) is 9.18 Å². The number of nitrogens with zero attached hydrogens (tertiary/aromatic N) is 1. The van der Waals surface area contributed by atoms with Crippen LogP contribution in [0.5, 0.6) is 0 Å². The molecule has 1 amide bonds. The Morgan fingerprint density at radius 1 is 1.53 bits per heavy atom. The molecule has 0 aliphatic heterocycles. The van der Waals surface area contributed by atoms with Gasteiger partial charge in [0.15, 0.2) is 0 Å². The second-order valence-electron chi connectivity index (χ2n) is 3.79. The van der Waals surface area contributed by atoms with Crippen LogP contribution < -0.4 is 11.1 Å². The van der Waals surface area contributed by atoms with Crippen molar-refractivity contribution in [2.45, 2.75) is 6.54 Å². The van der Waals surface area contributed by atoms with Crippen molar-refractivity contribution < 1.29 is 9.18 Å². The first kappa shape index (κ1) is 13.1. The van der Waals surface area contributed by atoms with Gasteiger partial charge in [-0.3, -0.25) is 4.79 Å². The predicted octanol–water partition coefficient (Wildman–Crippen LogP) is 2.47. The van der Waals surface area contributed by atoms with Crippen molar-refractivity contribution >= 4 is 22.9 Å². The Balaban J connectivity index is 2.12. The fourth-order valence-corrected chi connectivity index (χ4v) is 2.38. The maximum absolute atomic E-state index is 13.4. The summed E-state index contributed by atoms with van der Waals surface area (Å²) in [7, 11) is 0. The molecule has 0 aliphatic rings. The fourth-order valence-electron chi connectivity index (χ4n) is 1.57. The number of hydrogen-bond acceptors (Lipinski definition) is 4. The molecule has 0 radical (unpaired) electrons. The van der Waals surface area contributed by atoms with Crippen molar-refractivity contribution in [1.29, 1.82) is 5.26 Å². The van der Waals surface area contributed by atoms with E-state index in [4.69, 9.17) is 11.0 Å². The van der Waals surface area contributed by atoms with Crippen LogP contribution in [0.15, 0.2) is 29.6 Å². The summed E-state index contributed by atoms with van der Waals surface area (Å²) >= 11 is 1.37. The van der Waals surface area contributed by atoms with Crippen LogP contribution in [0.4, 0.5) is 10.1 Å². The maximum Gasteiger partial charge on any atom is 0.249 e. The number of thiophene rings is 1. The molecule has 2 rings (SSSR count). The standard InChI is InChI=1S/C13H10FN3OS/c14-11-2-1-3-12(10(11)5-15)17-6-9-4-8(7-19-9)13(16)18/h1-4,7,17H,6H2,(H2,16,18). The molecule has 0 saturated carbocycles. The van der Waals surface area contributed by atoms with Gasteiger partial charge in [0.05, 0.1) is 11.3 Å². The largest absolute Gasteiger partial charge is 0.379 e. The van der Waals surface area contributed by atoms with Gasteiger partial charge < -0.3 is 11.1 Å². The third-order valence-corrected chi connectivity index (χ3v) is 3.45. The van der Waals surface area contributed by atoms with E-state index >= 15 is 0 Å². The number of rotatable bonds is 4. The summed E-state index contributed by atoms with van der Waals surface area (Å²) in [5.41, 5.74) is 6.01. The molecule has 0 bridgehead atoms. The minimum atomic E-state index is -0.559. The van der Waals surface area contributed by atoms with Crippen LogP contribution >= 0.6 is 11.3 Å². The molecule has 4 nitrogen and oxygen atoms in total. The molecule has 1 aromatic heterocycles. The number of nitrogens with two attached hydrogens (primary N) is 1. The smallest absolute Gasteiger partial charge is 0.249 e. The summed E-state index contributed by atoms with van der Waals surface area (Å²) in [6, 6.07) is 7.88. The zero-order valence-electron chi connectivity index (χ0n) is 9.81. The van der Waals surface area contributed by atoms with Crippen LogP contribution in [-0.2, 0) is 6.54 Å². The van der Waals surface area contributed by atoms with E-state index < -0.39 is 11.7 Å². The van der Waals surface area contributed by atoms with Crippen LogP contribution in [0.25, 0.3) is 0 Å². The number of carbonyl (C=O) groups is 1. The van der Waals surface area contributed by atoms with Crippen LogP contribution in [-0.4, -0.2) is 5.91 Å². The van der Waals surface area contributed by atoms with E-state index in [1.165, 1.54) is 23.5 Å². The monoisotopic (exact) mass is 275 g/mol. The number of amides is 1. The van der Waals surface area contributed by atoms with Crippen molar-refractivity contribution in [3.8, 4) is 6.07 Å².